The molecule has 0 spiro atoms. The van der Waals surface area contributed by atoms with Crippen molar-refractivity contribution in [2.75, 3.05) is 5.73 Å². The van der Waals surface area contributed by atoms with Gasteiger partial charge in [-0.1, -0.05) is 13.0 Å². The molecule has 2 aromatic heterocycles. The average Bonchev–Trinajstić information content (AvgIpc) is 2.62. The zero-order chi connectivity index (χ0) is 12.9. The van der Waals surface area contributed by atoms with Gasteiger partial charge in [0.2, 0.25) is 5.95 Å². The first-order valence-corrected chi connectivity index (χ1v) is 6.13. The van der Waals surface area contributed by atoms with Gasteiger partial charge in [0.1, 0.15) is 5.65 Å². The molecule has 0 saturated carbocycles. The van der Waals surface area contributed by atoms with Gasteiger partial charge in [-0.3, -0.25) is 0 Å². The lowest BCUT2D eigenvalue weighted by molar-refractivity contribution is 0.981. The molecule has 18 heavy (non-hydrogen) atoms. The van der Waals surface area contributed by atoms with E-state index in [0.717, 1.165) is 23.1 Å². The molecule has 3 aromatic rings. The minimum Gasteiger partial charge on any atom is -0.368 e. The van der Waals surface area contributed by atoms with Gasteiger partial charge in [0.25, 0.3) is 0 Å². The summed E-state index contributed by atoms with van der Waals surface area (Å²) >= 11 is 0. The molecule has 2 N–H and O–H groups in total. The number of nitrogens with two attached hydrogens (primary N) is 1. The minimum atomic E-state index is 0.335. The average molecular weight is 240 g/mol. The van der Waals surface area contributed by atoms with E-state index in [1.54, 1.807) is 0 Å². The number of nitrogens with zero attached hydrogens (tertiary/aromatic N) is 3. The second-order valence-electron chi connectivity index (χ2n) is 4.63. The summed E-state index contributed by atoms with van der Waals surface area (Å²) in [6, 6.07) is 6.53. The van der Waals surface area contributed by atoms with E-state index in [-0.39, 0.29) is 0 Å². The Labute approximate surface area is 105 Å². The van der Waals surface area contributed by atoms with Crippen LogP contribution in [0.3, 0.4) is 0 Å². The highest BCUT2D eigenvalue weighted by molar-refractivity contribution is 6.08. The van der Waals surface area contributed by atoms with E-state index in [4.69, 9.17) is 5.73 Å². The lowest BCUT2D eigenvalue weighted by atomic mass is 10.1. The van der Waals surface area contributed by atoms with Gasteiger partial charge in [-0.05, 0) is 31.0 Å². The summed E-state index contributed by atoms with van der Waals surface area (Å²) in [7, 11) is 2.02. The number of nitrogen functional groups attached to an aromatic ring is 1. The Morgan fingerprint density at radius 3 is 2.78 bits per heavy atom. The Kier molecular flexibility index (Phi) is 2.26. The van der Waals surface area contributed by atoms with Crippen LogP contribution in [-0.4, -0.2) is 14.5 Å². The first-order chi connectivity index (χ1) is 8.61. The maximum absolute atomic E-state index is 5.74. The third kappa shape index (κ3) is 1.38. The predicted molar refractivity (Wildman–Crippen MR) is 74.5 cm³/mol. The number of hydrogen-bond acceptors (Lipinski definition) is 3. The van der Waals surface area contributed by atoms with Crippen molar-refractivity contribution in [3.63, 3.8) is 0 Å². The highest BCUT2D eigenvalue weighted by Gasteiger charge is 2.13. The van der Waals surface area contributed by atoms with Crippen LogP contribution in [0, 0.1) is 6.92 Å². The van der Waals surface area contributed by atoms with Crippen molar-refractivity contribution in [3.8, 4) is 0 Å². The molecule has 0 unspecified atom stereocenters. The topological polar surface area (TPSA) is 56.7 Å². The van der Waals surface area contributed by atoms with Crippen LogP contribution in [0.5, 0.6) is 0 Å². The quantitative estimate of drug-likeness (QED) is 0.711. The Balaban J connectivity index is 2.55. The highest BCUT2D eigenvalue weighted by Crippen LogP contribution is 2.30. The Morgan fingerprint density at radius 1 is 1.28 bits per heavy atom. The number of fused-ring (bicyclic) bond motifs is 3. The Morgan fingerprint density at radius 2 is 2.06 bits per heavy atom. The van der Waals surface area contributed by atoms with Crippen molar-refractivity contribution in [2.24, 2.45) is 7.05 Å². The summed E-state index contributed by atoms with van der Waals surface area (Å²) in [5.74, 6) is 0.335. The number of aryl methyl sites for hydroxylation is 3. The Bertz CT molecular complexity index is 755. The van der Waals surface area contributed by atoms with Gasteiger partial charge >= 0.3 is 0 Å². The van der Waals surface area contributed by atoms with Crippen molar-refractivity contribution in [3.05, 3.63) is 29.5 Å². The van der Waals surface area contributed by atoms with Gasteiger partial charge in [-0.25, -0.2) is 4.98 Å². The molecule has 0 aliphatic heterocycles. The maximum atomic E-state index is 5.74. The lowest BCUT2D eigenvalue weighted by Crippen LogP contribution is -1.99. The highest BCUT2D eigenvalue weighted by atomic mass is 15.1. The van der Waals surface area contributed by atoms with Crippen LogP contribution in [-0.2, 0) is 13.5 Å². The number of rotatable bonds is 1. The SMILES string of the molecule is CCc1ccc2c(c1)c1c(C)nc(N)nc1n2C. The van der Waals surface area contributed by atoms with E-state index in [9.17, 15) is 0 Å². The van der Waals surface area contributed by atoms with Crippen LogP contribution < -0.4 is 5.73 Å². The third-order valence-corrected chi connectivity index (χ3v) is 3.51. The third-order valence-electron chi connectivity index (χ3n) is 3.51. The molecule has 0 aliphatic rings. The van der Waals surface area contributed by atoms with E-state index in [1.807, 2.05) is 14.0 Å². The smallest absolute Gasteiger partial charge is 0.222 e. The largest absolute Gasteiger partial charge is 0.368 e. The summed E-state index contributed by atoms with van der Waals surface area (Å²) in [6.07, 6.45) is 1.03. The van der Waals surface area contributed by atoms with Gasteiger partial charge in [0, 0.05) is 17.8 Å². The van der Waals surface area contributed by atoms with E-state index >= 15 is 0 Å². The number of aromatic nitrogens is 3. The summed E-state index contributed by atoms with van der Waals surface area (Å²) in [4.78, 5) is 8.63. The van der Waals surface area contributed by atoms with Gasteiger partial charge < -0.3 is 10.3 Å². The maximum Gasteiger partial charge on any atom is 0.222 e. The number of benzene rings is 1. The fraction of sp³-hybridized carbons (Fsp3) is 0.286. The molecule has 0 radical (unpaired) electrons. The zero-order valence-electron chi connectivity index (χ0n) is 10.9. The van der Waals surface area contributed by atoms with Gasteiger partial charge in [-0.2, -0.15) is 4.98 Å². The van der Waals surface area contributed by atoms with Gasteiger partial charge in [-0.15, -0.1) is 0 Å². The molecule has 2 heterocycles. The lowest BCUT2D eigenvalue weighted by Gasteiger charge is -1.99. The second kappa shape index (κ2) is 3.70. The minimum absolute atomic E-state index is 0.335. The Hall–Kier alpha value is -2.10. The molecule has 0 fully saturated rings. The molecule has 0 saturated heterocycles. The standard InChI is InChI=1S/C14H16N4/c1-4-9-5-6-11-10(7-9)12-8(2)16-14(15)17-13(12)18(11)3/h5-7H,4H2,1-3H3,(H2,15,16,17). The molecule has 1 aromatic carbocycles. The molecule has 4 heteroatoms. The van der Waals surface area contributed by atoms with Crippen molar-refractivity contribution in [1.29, 1.82) is 0 Å². The van der Waals surface area contributed by atoms with E-state index < -0.39 is 0 Å². The van der Waals surface area contributed by atoms with Crippen molar-refractivity contribution in [1.82, 2.24) is 14.5 Å². The predicted octanol–water partition coefficient (Wildman–Crippen LogP) is 2.57. The van der Waals surface area contributed by atoms with Crippen LogP contribution >= 0.6 is 0 Å². The van der Waals surface area contributed by atoms with E-state index in [0.29, 0.717) is 5.95 Å². The van der Waals surface area contributed by atoms with Crippen LogP contribution in [0.15, 0.2) is 18.2 Å². The normalized spacial score (nSPS) is 11.5. The first-order valence-electron chi connectivity index (χ1n) is 6.13. The second-order valence-corrected chi connectivity index (χ2v) is 4.63. The van der Waals surface area contributed by atoms with E-state index in [1.165, 1.54) is 16.5 Å². The van der Waals surface area contributed by atoms with Gasteiger partial charge in [0.05, 0.1) is 11.2 Å². The zero-order valence-corrected chi connectivity index (χ0v) is 10.9. The molecule has 0 amide bonds. The summed E-state index contributed by atoms with van der Waals surface area (Å²) in [6.45, 7) is 4.14. The van der Waals surface area contributed by atoms with Crippen molar-refractivity contribution in [2.45, 2.75) is 20.3 Å². The summed E-state index contributed by atoms with van der Waals surface area (Å²) in [5.41, 5.74) is 10.1. The first kappa shape index (κ1) is 11.0. The van der Waals surface area contributed by atoms with Crippen molar-refractivity contribution >= 4 is 27.9 Å². The molecule has 0 bridgehead atoms. The molecular weight excluding hydrogens is 224 g/mol. The van der Waals surface area contributed by atoms with Crippen LogP contribution in [0.25, 0.3) is 21.9 Å². The van der Waals surface area contributed by atoms with Crippen LogP contribution in [0.2, 0.25) is 0 Å². The molecular formula is C14H16N4. The number of hydrogen-bond donors (Lipinski definition) is 1. The summed E-state index contributed by atoms with van der Waals surface area (Å²) < 4.78 is 2.08. The molecule has 0 aliphatic carbocycles. The van der Waals surface area contributed by atoms with Crippen LogP contribution in [0.4, 0.5) is 5.95 Å². The molecule has 0 atom stereocenters. The monoisotopic (exact) mass is 240 g/mol. The number of anilines is 1. The fourth-order valence-corrected chi connectivity index (χ4v) is 2.55. The van der Waals surface area contributed by atoms with E-state index in [2.05, 4.69) is 39.7 Å². The molecule has 3 rings (SSSR count). The molecule has 92 valence electrons. The summed E-state index contributed by atoms with van der Waals surface area (Å²) in [5, 5.41) is 2.32. The van der Waals surface area contributed by atoms with Crippen LogP contribution in [0.1, 0.15) is 18.2 Å². The molecule has 4 nitrogen and oxygen atoms in total. The fourth-order valence-electron chi connectivity index (χ4n) is 2.55. The van der Waals surface area contributed by atoms with Crippen molar-refractivity contribution < 1.29 is 0 Å². The van der Waals surface area contributed by atoms with Gasteiger partial charge in [0.15, 0.2) is 0 Å².